The highest BCUT2D eigenvalue weighted by molar-refractivity contribution is 9.10. The van der Waals surface area contributed by atoms with Gasteiger partial charge in [0.25, 0.3) is 0 Å². The maximum Gasteiger partial charge on any atom is 0.236 e. The van der Waals surface area contributed by atoms with Gasteiger partial charge < -0.3 is 0 Å². The monoisotopic (exact) mass is 204 g/mol. The van der Waals surface area contributed by atoms with E-state index in [1.165, 1.54) is 0 Å². The van der Waals surface area contributed by atoms with Gasteiger partial charge in [-0.05, 0) is 11.6 Å². The Hall–Kier alpha value is 0.730. The molecule has 1 atom stereocenters. The van der Waals surface area contributed by atoms with E-state index >= 15 is 0 Å². The van der Waals surface area contributed by atoms with Crippen molar-refractivity contribution in [3.05, 3.63) is 0 Å². The van der Waals surface area contributed by atoms with Gasteiger partial charge in [-0.1, -0.05) is 15.9 Å². The second-order valence-electron chi connectivity index (χ2n) is 0.926. The summed E-state index contributed by atoms with van der Waals surface area (Å²) >= 11 is 13.1. The summed E-state index contributed by atoms with van der Waals surface area (Å²) in [5, 5.41) is -0.449. The van der Waals surface area contributed by atoms with E-state index in [0.29, 0.717) is 0 Å². The normalized spacial score (nSPS) is 13.6. The second kappa shape index (κ2) is 3.70. The molecule has 0 N–H and O–H groups in total. The highest BCUT2D eigenvalue weighted by Crippen LogP contribution is 2.04. The fourth-order valence-corrected chi connectivity index (χ4v) is 0.357. The van der Waals surface area contributed by atoms with E-state index in [1.807, 2.05) is 0 Å². The molecule has 0 aliphatic rings. The minimum absolute atomic E-state index is 0.225. The lowest BCUT2D eigenvalue weighted by Crippen LogP contribution is -2.07. The van der Waals surface area contributed by atoms with Gasteiger partial charge in [-0.25, -0.2) is 0 Å². The fourth-order valence-electron chi connectivity index (χ4n) is 0.0607. The Bertz CT molecular complexity index is 75.3. The van der Waals surface area contributed by atoms with Gasteiger partial charge in [0.2, 0.25) is 5.24 Å². The Morgan fingerprint density at radius 3 is 2.29 bits per heavy atom. The number of rotatable bonds is 2. The van der Waals surface area contributed by atoms with Gasteiger partial charge in [-0.3, -0.25) is 4.79 Å². The van der Waals surface area contributed by atoms with E-state index in [-0.39, 0.29) is 5.88 Å². The highest BCUT2D eigenvalue weighted by atomic mass is 79.9. The van der Waals surface area contributed by atoms with E-state index in [1.54, 1.807) is 0 Å². The Kier molecular flexibility index (Phi) is 4.08. The minimum Gasteiger partial charge on any atom is -0.280 e. The largest absolute Gasteiger partial charge is 0.280 e. The van der Waals surface area contributed by atoms with Crippen LogP contribution in [0.1, 0.15) is 0 Å². The average molecular weight is 206 g/mol. The van der Waals surface area contributed by atoms with Crippen LogP contribution in [0.15, 0.2) is 0 Å². The molecule has 0 aromatic carbocycles. The zero-order valence-corrected chi connectivity index (χ0v) is 6.42. The predicted molar refractivity (Wildman–Crippen MR) is 34.3 cm³/mol. The molecule has 0 aliphatic carbocycles. The first kappa shape index (κ1) is 7.73. The molecule has 42 valence electrons. The summed E-state index contributed by atoms with van der Waals surface area (Å²) in [7, 11) is 0. The smallest absolute Gasteiger partial charge is 0.236 e. The van der Waals surface area contributed by atoms with Crippen LogP contribution in [0.4, 0.5) is 0 Å². The van der Waals surface area contributed by atoms with Crippen LogP contribution in [0.3, 0.4) is 0 Å². The lowest BCUT2D eigenvalue weighted by Gasteiger charge is -1.92. The number of carbonyl (C=O) groups excluding carboxylic acids is 1. The number of carbonyl (C=O) groups is 1. The van der Waals surface area contributed by atoms with E-state index in [4.69, 9.17) is 23.2 Å². The summed E-state index contributed by atoms with van der Waals surface area (Å²) in [4.78, 5) is 9.62. The number of hydrogen-bond donors (Lipinski definition) is 0. The lowest BCUT2D eigenvalue weighted by atomic mass is 10.5. The summed E-state index contributed by atoms with van der Waals surface area (Å²) in [6.45, 7) is 0. The van der Waals surface area contributed by atoms with Crippen molar-refractivity contribution in [2.45, 2.75) is 4.83 Å². The first-order chi connectivity index (χ1) is 3.18. The zero-order chi connectivity index (χ0) is 5.86. The molecule has 4 heteroatoms. The molecule has 1 nitrogen and oxygen atoms in total. The maximum atomic E-state index is 10.0. The van der Waals surface area contributed by atoms with E-state index < -0.39 is 10.1 Å². The van der Waals surface area contributed by atoms with Crippen LogP contribution in [0.25, 0.3) is 0 Å². The standard InChI is InChI=1S/C3H3BrCl2O/c4-2(1-5)3(6)7/h2H,1H2. The lowest BCUT2D eigenvalue weighted by molar-refractivity contribution is -0.110. The molecule has 0 aromatic heterocycles. The van der Waals surface area contributed by atoms with Crippen molar-refractivity contribution >= 4 is 44.4 Å². The highest BCUT2D eigenvalue weighted by Gasteiger charge is 2.07. The molecule has 0 saturated heterocycles. The average Bonchev–Trinajstić information content (AvgIpc) is 1.65. The molecule has 0 aromatic rings. The van der Waals surface area contributed by atoms with Crippen LogP contribution in [-0.4, -0.2) is 15.9 Å². The molecule has 0 saturated carbocycles. The first-order valence-corrected chi connectivity index (χ1v) is 3.40. The van der Waals surface area contributed by atoms with Crippen molar-refractivity contribution in [3.8, 4) is 0 Å². The topological polar surface area (TPSA) is 17.1 Å². The van der Waals surface area contributed by atoms with Gasteiger partial charge in [0.05, 0.1) is 0 Å². The fraction of sp³-hybridized carbons (Fsp3) is 0.667. The Morgan fingerprint density at radius 1 is 1.86 bits per heavy atom. The van der Waals surface area contributed by atoms with Gasteiger partial charge in [0.1, 0.15) is 4.83 Å². The second-order valence-corrected chi connectivity index (χ2v) is 2.71. The minimum atomic E-state index is -0.449. The van der Waals surface area contributed by atoms with Gasteiger partial charge in [-0.2, -0.15) is 0 Å². The van der Waals surface area contributed by atoms with Crippen LogP contribution >= 0.6 is 39.1 Å². The van der Waals surface area contributed by atoms with Crippen molar-refractivity contribution in [2.24, 2.45) is 0 Å². The SMILES string of the molecule is O=C(Cl)C(Br)CCl. The summed E-state index contributed by atoms with van der Waals surface area (Å²) in [5.41, 5.74) is 0. The number of alkyl halides is 2. The zero-order valence-electron chi connectivity index (χ0n) is 3.33. The third-order valence-electron chi connectivity index (χ3n) is 0.382. The molecule has 0 spiro atoms. The van der Waals surface area contributed by atoms with E-state index in [9.17, 15) is 4.79 Å². The van der Waals surface area contributed by atoms with E-state index in [0.717, 1.165) is 0 Å². The van der Waals surface area contributed by atoms with E-state index in [2.05, 4.69) is 15.9 Å². The van der Waals surface area contributed by atoms with Crippen LogP contribution in [0, 0.1) is 0 Å². The Balaban J connectivity index is 3.34. The molecule has 0 amide bonds. The van der Waals surface area contributed by atoms with Crippen molar-refractivity contribution in [1.82, 2.24) is 0 Å². The first-order valence-electron chi connectivity index (χ1n) is 1.58. The number of hydrogen-bond acceptors (Lipinski definition) is 1. The molecule has 7 heavy (non-hydrogen) atoms. The molecule has 0 rings (SSSR count). The van der Waals surface area contributed by atoms with Crippen LogP contribution in [0.5, 0.6) is 0 Å². The Labute approximate surface area is 60.1 Å². The third kappa shape index (κ3) is 3.32. The quantitative estimate of drug-likeness (QED) is 0.496. The molecule has 0 heterocycles. The summed E-state index contributed by atoms with van der Waals surface area (Å²) in [5.74, 6) is 0.225. The van der Waals surface area contributed by atoms with Crippen molar-refractivity contribution in [1.29, 1.82) is 0 Å². The predicted octanol–water partition coefficient (Wildman–Crippen LogP) is 1.75. The van der Waals surface area contributed by atoms with Crippen molar-refractivity contribution < 1.29 is 4.79 Å². The van der Waals surface area contributed by atoms with Crippen molar-refractivity contribution in [3.63, 3.8) is 0 Å². The maximum absolute atomic E-state index is 10.0. The molecule has 0 fully saturated rings. The molecule has 0 aliphatic heterocycles. The van der Waals surface area contributed by atoms with Gasteiger partial charge >= 0.3 is 0 Å². The molecular weight excluding hydrogens is 203 g/mol. The molecule has 0 bridgehead atoms. The van der Waals surface area contributed by atoms with Crippen LogP contribution in [-0.2, 0) is 4.79 Å². The van der Waals surface area contributed by atoms with Gasteiger partial charge in [-0.15, -0.1) is 11.6 Å². The molecule has 1 unspecified atom stereocenters. The number of halogens is 3. The third-order valence-corrected chi connectivity index (χ3v) is 2.33. The van der Waals surface area contributed by atoms with Crippen molar-refractivity contribution in [2.75, 3.05) is 5.88 Å². The summed E-state index contributed by atoms with van der Waals surface area (Å²) in [6, 6.07) is 0. The summed E-state index contributed by atoms with van der Waals surface area (Å²) < 4.78 is 0. The van der Waals surface area contributed by atoms with Gasteiger partial charge in [0, 0.05) is 5.88 Å². The molecular formula is C3H3BrCl2O. The summed E-state index contributed by atoms with van der Waals surface area (Å²) in [6.07, 6.45) is 0. The van der Waals surface area contributed by atoms with Gasteiger partial charge in [0.15, 0.2) is 0 Å². The van der Waals surface area contributed by atoms with Crippen LogP contribution in [0.2, 0.25) is 0 Å². The Morgan fingerprint density at radius 2 is 2.29 bits per heavy atom. The van der Waals surface area contributed by atoms with Crippen LogP contribution < -0.4 is 0 Å². The molecule has 0 radical (unpaired) electrons.